The molecule has 1 atom stereocenters. The molecule has 20 heavy (non-hydrogen) atoms. The standard InChI is InChI=1S/C17H18N2O/c18-9-13-5-7-14(8-6-13)10-19-11-15-3-1-2-4-17(20)16(15)12-19/h5-8,11-12,17,20H,1-4,10H2. The molecule has 3 nitrogen and oxygen atoms in total. The van der Waals surface area contributed by atoms with Gasteiger partial charge in [0.1, 0.15) is 0 Å². The van der Waals surface area contributed by atoms with Crippen molar-refractivity contribution in [2.45, 2.75) is 38.3 Å². The minimum atomic E-state index is -0.310. The van der Waals surface area contributed by atoms with E-state index in [0.29, 0.717) is 5.56 Å². The first-order valence-electron chi connectivity index (χ1n) is 7.12. The fourth-order valence-corrected chi connectivity index (χ4v) is 2.88. The quantitative estimate of drug-likeness (QED) is 0.849. The molecule has 1 aromatic heterocycles. The number of hydrogen-bond acceptors (Lipinski definition) is 2. The van der Waals surface area contributed by atoms with Crippen molar-refractivity contribution in [3.8, 4) is 6.07 Å². The van der Waals surface area contributed by atoms with Gasteiger partial charge in [-0.1, -0.05) is 18.6 Å². The predicted molar refractivity (Wildman–Crippen MR) is 77.2 cm³/mol. The Bertz CT molecular complexity index is 634. The van der Waals surface area contributed by atoms with Crippen LogP contribution < -0.4 is 0 Å². The fraction of sp³-hybridized carbons (Fsp3) is 0.353. The van der Waals surface area contributed by atoms with Crippen LogP contribution in [0.15, 0.2) is 36.7 Å². The summed E-state index contributed by atoms with van der Waals surface area (Å²) in [6.07, 6.45) is 8.11. The van der Waals surface area contributed by atoms with Crippen LogP contribution in [0.25, 0.3) is 0 Å². The van der Waals surface area contributed by atoms with Gasteiger partial charge in [-0.15, -0.1) is 0 Å². The summed E-state index contributed by atoms with van der Waals surface area (Å²) in [6, 6.07) is 9.80. The van der Waals surface area contributed by atoms with Crippen LogP contribution in [0, 0.1) is 11.3 Å². The third kappa shape index (κ3) is 2.61. The van der Waals surface area contributed by atoms with Gasteiger partial charge in [-0.25, -0.2) is 0 Å². The first kappa shape index (κ1) is 13.0. The molecule has 3 rings (SSSR count). The van der Waals surface area contributed by atoms with Crippen LogP contribution >= 0.6 is 0 Å². The average molecular weight is 266 g/mol. The maximum atomic E-state index is 10.1. The van der Waals surface area contributed by atoms with E-state index in [-0.39, 0.29) is 6.10 Å². The number of nitriles is 1. The summed E-state index contributed by atoms with van der Waals surface area (Å²) in [5.41, 5.74) is 4.23. The lowest BCUT2D eigenvalue weighted by atomic mass is 10.1. The number of hydrogen-bond donors (Lipinski definition) is 1. The highest BCUT2D eigenvalue weighted by molar-refractivity contribution is 5.33. The Morgan fingerprint density at radius 1 is 1.20 bits per heavy atom. The van der Waals surface area contributed by atoms with Gasteiger partial charge in [0.15, 0.2) is 0 Å². The molecule has 1 unspecified atom stereocenters. The number of rotatable bonds is 2. The molecule has 0 aliphatic heterocycles. The minimum Gasteiger partial charge on any atom is -0.388 e. The third-order valence-corrected chi connectivity index (χ3v) is 3.98. The summed E-state index contributed by atoms with van der Waals surface area (Å²) < 4.78 is 2.14. The number of aliphatic hydroxyl groups is 1. The van der Waals surface area contributed by atoms with Crippen molar-refractivity contribution < 1.29 is 5.11 Å². The molecule has 0 bridgehead atoms. The van der Waals surface area contributed by atoms with Gasteiger partial charge in [0, 0.05) is 24.5 Å². The summed E-state index contributed by atoms with van der Waals surface area (Å²) in [7, 11) is 0. The highest BCUT2D eigenvalue weighted by atomic mass is 16.3. The largest absolute Gasteiger partial charge is 0.388 e. The van der Waals surface area contributed by atoms with Gasteiger partial charge in [-0.05, 0) is 42.5 Å². The first-order valence-corrected chi connectivity index (χ1v) is 7.12. The van der Waals surface area contributed by atoms with E-state index < -0.39 is 0 Å². The second kappa shape index (κ2) is 5.52. The van der Waals surface area contributed by atoms with E-state index in [9.17, 15) is 5.11 Å². The van der Waals surface area contributed by atoms with E-state index in [1.165, 1.54) is 11.1 Å². The lowest BCUT2D eigenvalue weighted by molar-refractivity contribution is 0.166. The molecule has 1 aromatic carbocycles. The highest BCUT2D eigenvalue weighted by Gasteiger charge is 2.18. The Morgan fingerprint density at radius 3 is 2.75 bits per heavy atom. The summed E-state index contributed by atoms with van der Waals surface area (Å²) in [6.45, 7) is 0.783. The van der Waals surface area contributed by atoms with Crippen molar-refractivity contribution in [2.75, 3.05) is 0 Å². The van der Waals surface area contributed by atoms with Gasteiger partial charge >= 0.3 is 0 Å². The van der Waals surface area contributed by atoms with Crippen LogP contribution in [0.1, 0.15) is 47.6 Å². The average Bonchev–Trinajstić information content (AvgIpc) is 2.79. The van der Waals surface area contributed by atoms with Crippen molar-refractivity contribution >= 4 is 0 Å². The maximum Gasteiger partial charge on any atom is 0.0991 e. The molecule has 0 radical (unpaired) electrons. The fourth-order valence-electron chi connectivity index (χ4n) is 2.88. The second-order valence-electron chi connectivity index (χ2n) is 5.48. The molecule has 2 aromatic rings. The Labute approximate surface area is 119 Å². The molecule has 1 N–H and O–H groups in total. The molecular weight excluding hydrogens is 248 g/mol. The van der Waals surface area contributed by atoms with Crippen molar-refractivity contribution in [3.63, 3.8) is 0 Å². The van der Waals surface area contributed by atoms with Crippen molar-refractivity contribution in [1.29, 1.82) is 5.26 Å². The summed E-state index contributed by atoms with van der Waals surface area (Å²) in [4.78, 5) is 0. The van der Waals surface area contributed by atoms with E-state index in [4.69, 9.17) is 5.26 Å². The van der Waals surface area contributed by atoms with E-state index in [2.05, 4.69) is 23.0 Å². The lowest BCUT2D eigenvalue weighted by Crippen LogP contribution is -1.98. The lowest BCUT2D eigenvalue weighted by Gasteiger charge is -2.06. The van der Waals surface area contributed by atoms with Crippen LogP contribution in [0.5, 0.6) is 0 Å². The van der Waals surface area contributed by atoms with E-state index >= 15 is 0 Å². The Morgan fingerprint density at radius 2 is 2.00 bits per heavy atom. The minimum absolute atomic E-state index is 0.310. The number of aliphatic hydroxyl groups excluding tert-OH is 1. The molecule has 0 saturated carbocycles. The number of benzene rings is 1. The summed E-state index contributed by atoms with van der Waals surface area (Å²) in [5, 5.41) is 18.9. The molecule has 102 valence electrons. The number of nitrogens with zero attached hydrogens (tertiary/aromatic N) is 2. The molecular formula is C17H18N2O. The SMILES string of the molecule is N#Cc1ccc(Cn2cc3c(c2)C(O)CCCC3)cc1. The van der Waals surface area contributed by atoms with Gasteiger partial charge in [0.05, 0.1) is 17.7 Å². The monoisotopic (exact) mass is 266 g/mol. The van der Waals surface area contributed by atoms with Crippen LogP contribution in [0.3, 0.4) is 0 Å². The van der Waals surface area contributed by atoms with Gasteiger partial charge in [0.25, 0.3) is 0 Å². The third-order valence-electron chi connectivity index (χ3n) is 3.98. The summed E-state index contributed by atoms with van der Waals surface area (Å²) in [5.74, 6) is 0. The van der Waals surface area contributed by atoms with Crippen molar-refractivity contribution in [1.82, 2.24) is 4.57 Å². The number of fused-ring (bicyclic) bond motifs is 1. The molecule has 1 aliphatic carbocycles. The molecule has 0 spiro atoms. The van der Waals surface area contributed by atoms with E-state index in [1.807, 2.05) is 24.3 Å². The Balaban J connectivity index is 1.81. The van der Waals surface area contributed by atoms with E-state index in [1.54, 1.807) is 0 Å². The van der Waals surface area contributed by atoms with Gasteiger partial charge in [-0.3, -0.25) is 0 Å². The van der Waals surface area contributed by atoms with Crippen molar-refractivity contribution in [3.05, 3.63) is 58.9 Å². The maximum absolute atomic E-state index is 10.1. The van der Waals surface area contributed by atoms with Crippen molar-refractivity contribution in [2.24, 2.45) is 0 Å². The summed E-state index contributed by atoms with van der Waals surface area (Å²) >= 11 is 0. The van der Waals surface area contributed by atoms with Gasteiger partial charge in [0.2, 0.25) is 0 Å². The topological polar surface area (TPSA) is 49.0 Å². The molecule has 0 fully saturated rings. The Kier molecular flexibility index (Phi) is 3.58. The molecule has 0 amide bonds. The van der Waals surface area contributed by atoms with E-state index in [0.717, 1.165) is 37.8 Å². The molecule has 0 saturated heterocycles. The van der Waals surface area contributed by atoms with Crippen LogP contribution in [0.4, 0.5) is 0 Å². The Hall–Kier alpha value is -2.05. The molecule has 1 heterocycles. The smallest absolute Gasteiger partial charge is 0.0991 e. The van der Waals surface area contributed by atoms with Crippen LogP contribution in [-0.4, -0.2) is 9.67 Å². The van der Waals surface area contributed by atoms with Crippen LogP contribution in [0.2, 0.25) is 0 Å². The second-order valence-corrected chi connectivity index (χ2v) is 5.48. The first-order chi connectivity index (χ1) is 9.76. The number of aryl methyl sites for hydroxylation is 1. The zero-order valence-corrected chi connectivity index (χ0v) is 11.4. The number of aromatic nitrogens is 1. The normalized spacial score (nSPS) is 18.1. The highest BCUT2D eigenvalue weighted by Crippen LogP contribution is 2.29. The molecule has 1 aliphatic rings. The zero-order valence-electron chi connectivity index (χ0n) is 11.4. The van der Waals surface area contributed by atoms with Gasteiger partial charge < -0.3 is 9.67 Å². The molecule has 3 heteroatoms. The predicted octanol–water partition coefficient (Wildman–Crippen LogP) is 3.17. The zero-order chi connectivity index (χ0) is 13.9. The van der Waals surface area contributed by atoms with Crippen LogP contribution in [-0.2, 0) is 13.0 Å². The van der Waals surface area contributed by atoms with Gasteiger partial charge in [-0.2, -0.15) is 5.26 Å².